The first-order valence-corrected chi connectivity index (χ1v) is 6.38. The molecule has 0 radical (unpaired) electrons. The van der Waals surface area contributed by atoms with E-state index in [-0.39, 0.29) is 17.0 Å². The first-order valence-electron chi connectivity index (χ1n) is 6.38. The predicted molar refractivity (Wildman–Crippen MR) is 71.0 cm³/mol. The molecule has 3 rings (SSSR count). The molecule has 116 valence electrons. The lowest BCUT2D eigenvalue weighted by Crippen LogP contribution is -2.38. The summed E-state index contributed by atoms with van der Waals surface area (Å²) < 4.78 is 6.33. The summed E-state index contributed by atoms with van der Waals surface area (Å²) in [6.45, 7) is -0.469. The van der Waals surface area contributed by atoms with Crippen LogP contribution < -0.4 is 10.6 Å². The number of hydrogen-bond donors (Lipinski definition) is 4. The second kappa shape index (κ2) is 5.39. The summed E-state index contributed by atoms with van der Waals surface area (Å²) in [5.41, 5.74) is 6.14. The lowest BCUT2D eigenvalue weighted by molar-refractivity contribution is -0.168. The average Bonchev–Trinajstić information content (AvgIpc) is 3.01. The Morgan fingerprint density at radius 2 is 2.18 bits per heavy atom. The Bertz CT molecular complexity index is 741. The highest BCUT2D eigenvalue weighted by Gasteiger charge is 2.44. The minimum atomic E-state index is -1.36. The van der Waals surface area contributed by atoms with E-state index in [1.807, 2.05) is 6.07 Å². The van der Waals surface area contributed by atoms with E-state index in [9.17, 15) is 10.2 Å². The first kappa shape index (κ1) is 14.5. The number of nitriles is 1. The zero-order chi connectivity index (χ0) is 15.9. The van der Waals surface area contributed by atoms with E-state index in [1.54, 1.807) is 0 Å². The number of aromatic nitrogens is 3. The number of aliphatic hydroxyl groups excluding tert-OH is 3. The van der Waals surface area contributed by atoms with Gasteiger partial charge in [0.25, 0.3) is 6.29 Å². The topological polar surface area (TPSA) is 160 Å². The fourth-order valence-electron chi connectivity index (χ4n) is 2.29. The number of hydrogen-bond acceptors (Lipinski definition) is 9. The van der Waals surface area contributed by atoms with Gasteiger partial charge in [0.2, 0.25) is 0 Å². The molecule has 0 bridgehead atoms. The van der Waals surface area contributed by atoms with Crippen LogP contribution >= 0.6 is 0 Å². The third kappa shape index (κ3) is 2.13. The third-order valence-corrected chi connectivity index (χ3v) is 3.42. The minimum Gasteiger partial charge on any atom is -0.394 e. The fourth-order valence-corrected chi connectivity index (χ4v) is 2.29. The number of nitrogens with two attached hydrogens (primary N) is 1. The molecular weight excluding hydrogens is 294 g/mol. The molecule has 0 amide bonds. The summed E-state index contributed by atoms with van der Waals surface area (Å²) >= 11 is 0. The molecule has 0 aliphatic carbocycles. The van der Waals surface area contributed by atoms with Gasteiger partial charge in [-0.05, 0) is 0 Å². The van der Waals surface area contributed by atoms with Crippen molar-refractivity contribution in [1.29, 1.82) is 5.26 Å². The first-order chi connectivity index (χ1) is 10.6. The van der Waals surface area contributed by atoms with E-state index in [2.05, 4.69) is 9.97 Å². The molecule has 2 aromatic heterocycles. The van der Waals surface area contributed by atoms with Crippen LogP contribution in [0.3, 0.4) is 0 Å². The van der Waals surface area contributed by atoms with Gasteiger partial charge in [0.15, 0.2) is 5.65 Å². The van der Waals surface area contributed by atoms with Crippen LogP contribution in [-0.2, 0) is 4.74 Å². The lowest BCUT2D eigenvalue weighted by atomic mass is 10.1. The average molecular weight is 307 g/mol. The van der Waals surface area contributed by atoms with E-state index >= 15 is 0 Å². The van der Waals surface area contributed by atoms with Gasteiger partial charge in [-0.25, -0.2) is 9.97 Å². The van der Waals surface area contributed by atoms with Gasteiger partial charge in [-0.15, -0.1) is 0 Å². The van der Waals surface area contributed by atoms with Crippen LogP contribution in [0.1, 0.15) is 5.56 Å². The van der Waals surface area contributed by atoms with Gasteiger partial charge in [0.05, 0.1) is 23.8 Å². The Hall–Kier alpha value is -2.45. The molecule has 3 heterocycles. The fraction of sp³-hybridized carbons (Fsp3) is 0.417. The highest BCUT2D eigenvalue weighted by molar-refractivity contribution is 5.91. The Balaban J connectivity index is 1.96. The molecule has 0 unspecified atom stereocenters. The second-order valence-electron chi connectivity index (χ2n) is 4.75. The van der Waals surface area contributed by atoms with Gasteiger partial charge in [-0.1, -0.05) is 0 Å². The molecule has 0 spiro atoms. The van der Waals surface area contributed by atoms with E-state index in [1.165, 1.54) is 12.5 Å². The van der Waals surface area contributed by atoms with Crippen molar-refractivity contribution in [3.8, 4) is 6.07 Å². The highest BCUT2D eigenvalue weighted by atomic mass is 16.8. The van der Waals surface area contributed by atoms with Crippen molar-refractivity contribution in [1.82, 2.24) is 14.7 Å². The van der Waals surface area contributed by atoms with Crippen molar-refractivity contribution in [2.45, 2.75) is 24.6 Å². The van der Waals surface area contributed by atoms with Crippen molar-refractivity contribution in [3.63, 3.8) is 0 Å². The maximum atomic E-state index is 9.86. The molecule has 1 aliphatic heterocycles. The second-order valence-corrected chi connectivity index (χ2v) is 4.75. The van der Waals surface area contributed by atoms with Gasteiger partial charge < -0.3 is 30.6 Å². The van der Waals surface area contributed by atoms with Gasteiger partial charge in [-0.3, -0.25) is 0 Å². The summed E-state index contributed by atoms with van der Waals surface area (Å²) in [5.74, 6) is 0.116. The molecule has 5 N–H and O–H groups in total. The molecular formula is C12H13N5O5. The predicted octanol–water partition coefficient (Wildman–Crippen LogP) is -2.25. The molecule has 1 saturated heterocycles. The summed E-state index contributed by atoms with van der Waals surface area (Å²) in [6, 6.07) is 1.94. The maximum Gasteiger partial charge on any atom is 0.254 e. The summed E-state index contributed by atoms with van der Waals surface area (Å²) in [5, 5.41) is 38.0. The Morgan fingerprint density at radius 1 is 1.41 bits per heavy atom. The molecule has 10 heteroatoms. The lowest BCUT2D eigenvalue weighted by Gasteiger charge is -2.16. The van der Waals surface area contributed by atoms with Gasteiger partial charge >= 0.3 is 0 Å². The molecule has 4 atom stereocenters. The zero-order valence-electron chi connectivity index (χ0n) is 11.2. The molecule has 0 aromatic carbocycles. The van der Waals surface area contributed by atoms with Crippen LogP contribution in [0.5, 0.6) is 0 Å². The van der Waals surface area contributed by atoms with Crippen LogP contribution in [0, 0.1) is 11.3 Å². The molecule has 1 fully saturated rings. The Labute approximate surface area is 123 Å². The smallest absolute Gasteiger partial charge is 0.254 e. The SMILES string of the molecule is N#Cc1cn(O[C@@H]2O[C@H](CO)[C@@H](O)[C@H]2O)c2ncnc(N)c12. The summed E-state index contributed by atoms with van der Waals surface area (Å²) in [6.07, 6.45) is -2.31. The van der Waals surface area contributed by atoms with Crippen LogP contribution in [0.15, 0.2) is 12.5 Å². The number of nitrogens with zero attached hydrogens (tertiary/aromatic N) is 4. The number of ether oxygens (including phenoxy) is 1. The van der Waals surface area contributed by atoms with E-state index in [0.29, 0.717) is 5.39 Å². The largest absolute Gasteiger partial charge is 0.394 e. The van der Waals surface area contributed by atoms with E-state index < -0.39 is 31.2 Å². The number of aliphatic hydroxyl groups is 3. The standard InChI is InChI=1S/C12H13N5O5/c13-1-5-2-17(11-7(5)10(14)15-4-16-11)22-12-9(20)8(19)6(3-18)21-12/h2,4,6,8-9,12,18-20H,3H2,(H2,14,15,16)/t6-,8-,9-,12+/m1/s1. The van der Waals surface area contributed by atoms with Gasteiger partial charge in [0, 0.05) is 0 Å². The molecule has 0 saturated carbocycles. The Morgan fingerprint density at radius 3 is 2.82 bits per heavy atom. The molecule has 10 nitrogen and oxygen atoms in total. The van der Waals surface area contributed by atoms with E-state index in [0.717, 1.165) is 4.73 Å². The van der Waals surface area contributed by atoms with Crippen molar-refractivity contribution in [2.75, 3.05) is 12.3 Å². The van der Waals surface area contributed by atoms with Gasteiger partial charge in [0.1, 0.15) is 36.5 Å². The number of anilines is 1. The quantitative estimate of drug-likeness (QED) is 0.491. The molecule has 2 aromatic rings. The van der Waals surface area contributed by atoms with Crippen LogP contribution in [0.4, 0.5) is 5.82 Å². The molecule has 22 heavy (non-hydrogen) atoms. The zero-order valence-corrected chi connectivity index (χ0v) is 11.2. The van der Waals surface area contributed by atoms with Gasteiger partial charge in [-0.2, -0.15) is 9.99 Å². The number of fused-ring (bicyclic) bond motifs is 1. The third-order valence-electron chi connectivity index (χ3n) is 3.42. The number of rotatable bonds is 3. The van der Waals surface area contributed by atoms with Crippen molar-refractivity contribution >= 4 is 16.9 Å². The maximum absolute atomic E-state index is 9.86. The van der Waals surface area contributed by atoms with Crippen LogP contribution in [-0.4, -0.2) is 61.2 Å². The summed E-state index contributed by atoms with van der Waals surface area (Å²) in [7, 11) is 0. The molecule has 1 aliphatic rings. The monoisotopic (exact) mass is 307 g/mol. The minimum absolute atomic E-state index is 0.116. The van der Waals surface area contributed by atoms with Crippen LogP contribution in [0.25, 0.3) is 11.0 Å². The van der Waals surface area contributed by atoms with Crippen molar-refractivity contribution in [2.24, 2.45) is 0 Å². The Kier molecular flexibility index (Phi) is 3.55. The normalized spacial score (nSPS) is 27.9. The summed E-state index contributed by atoms with van der Waals surface area (Å²) in [4.78, 5) is 13.2. The number of nitrogen functional groups attached to an aromatic ring is 1. The van der Waals surface area contributed by atoms with E-state index in [4.69, 9.17) is 25.7 Å². The van der Waals surface area contributed by atoms with Crippen molar-refractivity contribution < 1.29 is 24.9 Å². The van der Waals surface area contributed by atoms with Crippen molar-refractivity contribution in [3.05, 3.63) is 18.1 Å². The van der Waals surface area contributed by atoms with Crippen LogP contribution in [0.2, 0.25) is 0 Å². The highest BCUT2D eigenvalue weighted by Crippen LogP contribution is 2.25.